The fourth-order valence-corrected chi connectivity index (χ4v) is 3.14. The largest absolute Gasteiger partial charge is 0.343 e. The van der Waals surface area contributed by atoms with Crippen LogP contribution in [0.5, 0.6) is 0 Å². The second kappa shape index (κ2) is 5.07. The quantitative estimate of drug-likeness (QED) is 0.684. The molecule has 2 nitrogen and oxygen atoms in total. The van der Waals surface area contributed by atoms with Crippen LogP contribution >= 0.6 is 0 Å². The van der Waals surface area contributed by atoms with E-state index in [0.717, 1.165) is 31.8 Å². The number of amides is 1. The summed E-state index contributed by atoms with van der Waals surface area (Å²) in [5.74, 6) is 1.67. The molecule has 0 aromatic rings. The highest BCUT2D eigenvalue weighted by Gasteiger charge is 2.37. The van der Waals surface area contributed by atoms with E-state index in [-0.39, 0.29) is 5.41 Å². The van der Waals surface area contributed by atoms with Gasteiger partial charge in [0.2, 0.25) is 5.91 Å². The second-order valence-corrected chi connectivity index (χ2v) is 6.81. The molecule has 1 heterocycles. The van der Waals surface area contributed by atoms with E-state index in [9.17, 15) is 4.79 Å². The Morgan fingerprint density at radius 2 is 2.00 bits per heavy atom. The van der Waals surface area contributed by atoms with Crippen LogP contribution in [0.3, 0.4) is 0 Å². The molecular formula is C16H27NO. The molecule has 1 fully saturated rings. The zero-order valence-electron chi connectivity index (χ0n) is 12.3. The fraction of sp³-hybridized carbons (Fsp3) is 0.812. The van der Waals surface area contributed by atoms with Gasteiger partial charge in [-0.3, -0.25) is 4.79 Å². The van der Waals surface area contributed by atoms with Crippen molar-refractivity contribution in [1.29, 1.82) is 0 Å². The average Bonchev–Trinajstić information content (AvgIpc) is 2.57. The van der Waals surface area contributed by atoms with E-state index in [1.54, 1.807) is 0 Å². The summed E-state index contributed by atoms with van der Waals surface area (Å²) in [6.07, 6.45) is 6.48. The first-order valence-corrected chi connectivity index (χ1v) is 7.36. The van der Waals surface area contributed by atoms with Crippen LogP contribution in [0.2, 0.25) is 0 Å². The Balaban J connectivity index is 1.89. The zero-order valence-corrected chi connectivity index (χ0v) is 12.3. The van der Waals surface area contributed by atoms with Crippen molar-refractivity contribution in [3.8, 4) is 0 Å². The summed E-state index contributed by atoms with van der Waals surface area (Å²) in [5.41, 5.74) is 1.66. The van der Waals surface area contributed by atoms with Gasteiger partial charge in [-0.25, -0.2) is 0 Å². The zero-order chi connectivity index (χ0) is 13.3. The molecule has 102 valence electrons. The molecule has 0 bridgehead atoms. The van der Waals surface area contributed by atoms with Crippen molar-refractivity contribution in [2.24, 2.45) is 17.3 Å². The molecule has 1 saturated heterocycles. The van der Waals surface area contributed by atoms with Gasteiger partial charge < -0.3 is 4.90 Å². The number of carbonyl (C=O) groups is 1. The number of nitrogens with zero attached hydrogens (tertiary/aromatic N) is 1. The van der Waals surface area contributed by atoms with E-state index in [2.05, 4.69) is 38.7 Å². The summed E-state index contributed by atoms with van der Waals surface area (Å²) in [7, 11) is 0. The highest BCUT2D eigenvalue weighted by molar-refractivity contribution is 5.76. The minimum atomic E-state index is 0.207. The molecule has 0 N–H and O–H groups in total. The number of allylic oxidation sites excluding steroid dienone is 2. The third-order valence-electron chi connectivity index (χ3n) is 5.30. The first kappa shape index (κ1) is 13.6. The van der Waals surface area contributed by atoms with Crippen LogP contribution in [0.15, 0.2) is 11.6 Å². The van der Waals surface area contributed by atoms with Gasteiger partial charge in [0.25, 0.3) is 0 Å². The molecule has 0 spiro atoms. The van der Waals surface area contributed by atoms with Crippen LogP contribution in [-0.4, -0.2) is 23.9 Å². The maximum absolute atomic E-state index is 12.4. The van der Waals surface area contributed by atoms with Gasteiger partial charge in [0, 0.05) is 19.5 Å². The van der Waals surface area contributed by atoms with Gasteiger partial charge in [0.15, 0.2) is 0 Å². The molecule has 0 radical (unpaired) electrons. The highest BCUT2D eigenvalue weighted by atomic mass is 16.2. The number of likely N-dealkylation sites (tertiary alicyclic amines) is 1. The lowest BCUT2D eigenvalue weighted by molar-refractivity contribution is -0.134. The van der Waals surface area contributed by atoms with Gasteiger partial charge in [0.1, 0.15) is 0 Å². The number of rotatable bonds is 2. The summed E-state index contributed by atoms with van der Waals surface area (Å²) in [5, 5.41) is 0. The molecule has 0 aromatic heterocycles. The van der Waals surface area contributed by atoms with E-state index in [0.29, 0.717) is 11.8 Å². The molecular weight excluding hydrogens is 222 g/mol. The second-order valence-electron chi connectivity index (χ2n) is 6.81. The number of piperidine rings is 1. The smallest absolute Gasteiger partial charge is 0.222 e. The molecule has 0 aromatic carbocycles. The normalized spacial score (nSPS) is 28.3. The molecule has 1 atom stereocenters. The summed E-state index contributed by atoms with van der Waals surface area (Å²) in [6.45, 7) is 11.0. The average molecular weight is 249 g/mol. The molecule has 2 rings (SSSR count). The fourth-order valence-electron chi connectivity index (χ4n) is 3.14. The number of hydrogen-bond acceptors (Lipinski definition) is 1. The van der Waals surface area contributed by atoms with E-state index in [1.165, 1.54) is 18.4 Å². The van der Waals surface area contributed by atoms with Crippen molar-refractivity contribution >= 4 is 5.91 Å². The third kappa shape index (κ3) is 2.62. The Hall–Kier alpha value is -0.790. The maximum atomic E-state index is 12.4. The summed E-state index contributed by atoms with van der Waals surface area (Å²) >= 11 is 0. The van der Waals surface area contributed by atoms with E-state index in [1.807, 2.05) is 0 Å². The van der Waals surface area contributed by atoms with Gasteiger partial charge in [0.05, 0.1) is 0 Å². The van der Waals surface area contributed by atoms with Crippen molar-refractivity contribution in [3.05, 3.63) is 11.6 Å². The molecule has 1 amide bonds. The standard InChI is InChI=1S/C16H27NO/c1-12-7-9-17(10-8-12)15(18)11-14-6-5-13(2)16(14,3)4/h5,12,14H,6-11H2,1-4H3/t14-/m1/s1. The summed E-state index contributed by atoms with van der Waals surface area (Å²) in [6, 6.07) is 0. The molecule has 0 unspecified atom stereocenters. The van der Waals surface area contributed by atoms with Gasteiger partial charge in [-0.15, -0.1) is 0 Å². The van der Waals surface area contributed by atoms with Crippen molar-refractivity contribution in [1.82, 2.24) is 4.90 Å². The van der Waals surface area contributed by atoms with Crippen molar-refractivity contribution in [2.75, 3.05) is 13.1 Å². The van der Waals surface area contributed by atoms with Crippen molar-refractivity contribution in [3.63, 3.8) is 0 Å². The highest BCUT2D eigenvalue weighted by Crippen LogP contribution is 2.44. The molecule has 1 aliphatic carbocycles. The van der Waals surface area contributed by atoms with Crippen LogP contribution < -0.4 is 0 Å². The molecule has 0 saturated carbocycles. The van der Waals surface area contributed by atoms with Crippen LogP contribution in [0.1, 0.15) is 53.4 Å². The Kier molecular flexibility index (Phi) is 3.84. The first-order chi connectivity index (χ1) is 8.41. The maximum Gasteiger partial charge on any atom is 0.222 e. The predicted octanol–water partition coefficient (Wildman–Crippen LogP) is 3.63. The van der Waals surface area contributed by atoms with Gasteiger partial charge in [-0.2, -0.15) is 0 Å². The lowest BCUT2D eigenvalue weighted by atomic mass is 9.76. The number of hydrogen-bond donors (Lipinski definition) is 0. The Labute approximate surface area is 111 Å². The molecule has 18 heavy (non-hydrogen) atoms. The third-order valence-corrected chi connectivity index (χ3v) is 5.30. The minimum absolute atomic E-state index is 0.207. The SMILES string of the molecule is CC1=CC[C@H](CC(=O)N2CCC(C)CC2)C1(C)C. The first-order valence-electron chi connectivity index (χ1n) is 7.36. The lowest BCUT2D eigenvalue weighted by Gasteiger charge is -2.34. The molecule has 2 aliphatic rings. The van der Waals surface area contributed by atoms with Gasteiger partial charge >= 0.3 is 0 Å². The lowest BCUT2D eigenvalue weighted by Crippen LogP contribution is -2.39. The van der Waals surface area contributed by atoms with Crippen LogP contribution in [0.4, 0.5) is 0 Å². The Bertz CT molecular complexity index is 348. The Morgan fingerprint density at radius 3 is 2.50 bits per heavy atom. The predicted molar refractivity (Wildman–Crippen MR) is 75.2 cm³/mol. The molecule has 1 aliphatic heterocycles. The monoisotopic (exact) mass is 249 g/mol. The number of carbonyl (C=O) groups excluding carboxylic acids is 1. The van der Waals surface area contributed by atoms with Gasteiger partial charge in [-0.1, -0.05) is 32.4 Å². The van der Waals surface area contributed by atoms with E-state index < -0.39 is 0 Å². The summed E-state index contributed by atoms with van der Waals surface area (Å²) in [4.78, 5) is 14.4. The molecule has 2 heteroatoms. The van der Waals surface area contributed by atoms with Crippen molar-refractivity contribution < 1.29 is 4.79 Å². The summed E-state index contributed by atoms with van der Waals surface area (Å²) < 4.78 is 0. The van der Waals surface area contributed by atoms with E-state index >= 15 is 0 Å². The van der Waals surface area contributed by atoms with Crippen LogP contribution in [0.25, 0.3) is 0 Å². The van der Waals surface area contributed by atoms with Crippen LogP contribution in [-0.2, 0) is 4.79 Å². The Morgan fingerprint density at radius 1 is 1.39 bits per heavy atom. The van der Waals surface area contributed by atoms with Crippen molar-refractivity contribution in [2.45, 2.75) is 53.4 Å². The topological polar surface area (TPSA) is 20.3 Å². The van der Waals surface area contributed by atoms with Crippen LogP contribution in [0, 0.1) is 17.3 Å². The van der Waals surface area contributed by atoms with Gasteiger partial charge in [-0.05, 0) is 43.4 Å². The van der Waals surface area contributed by atoms with E-state index in [4.69, 9.17) is 0 Å². The minimum Gasteiger partial charge on any atom is -0.343 e.